The van der Waals surface area contributed by atoms with Gasteiger partial charge < -0.3 is 15.1 Å². The maximum Gasteiger partial charge on any atom is 0.271 e. The normalized spacial score (nSPS) is 13.3. The third kappa shape index (κ3) is 4.14. The first-order chi connectivity index (χ1) is 13.6. The summed E-state index contributed by atoms with van der Waals surface area (Å²) in [5.74, 6) is 1.91. The Morgan fingerprint density at radius 1 is 1.18 bits per heavy atom. The monoisotopic (exact) mass is 378 g/mol. The molecule has 0 unspecified atom stereocenters. The van der Waals surface area contributed by atoms with Gasteiger partial charge in [-0.1, -0.05) is 18.2 Å². The van der Waals surface area contributed by atoms with Gasteiger partial charge in [-0.25, -0.2) is 4.68 Å². The molecule has 1 aliphatic carbocycles. The van der Waals surface area contributed by atoms with E-state index in [4.69, 9.17) is 4.42 Å². The summed E-state index contributed by atoms with van der Waals surface area (Å²) < 4.78 is 7.09. The molecule has 0 atom stereocenters. The van der Waals surface area contributed by atoms with Crippen LogP contribution in [0.5, 0.6) is 0 Å². The van der Waals surface area contributed by atoms with E-state index in [1.165, 1.54) is 0 Å². The summed E-state index contributed by atoms with van der Waals surface area (Å²) in [6.45, 7) is 2.32. The molecule has 1 fully saturated rings. The number of hydrogen-bond donors (Lipinski definition) is 2. The number of furan rings is 1. The summed E-state index contributed by atoms with van der Waals surface area (Å²) in [5.41, 5.74) is 1.03. The zero-order valence-corrected chi connectivity index (χ0v) is 15.6. The van der Waals surface area contributed by atoms with E-state index in [1.807, 2.05) is 49.4 Å². The molecule has 1 saturated carbocycles. The lowest BCUT2D eigenvalue weighted by Gasteiger charge is -2.08. The number of carbonyl (C=O) groups excluding carboxylic acids is 2. The fourth-order valence-corrected chi connectivity index (χ4v) is 2.93. The van der Waals surface area contributed by atoms with Crippen LogP contribution < -0.4 is 10.6 Å². The van der Waals surface area contributed by atoms with Gasteiger partial charge in [0, 0.05) is 24.9 Å². The van der Waals surface area contributed by atoms with Gasteiger partial charge in [0.1, 0.15) is 17.3 Å². The molecule has 2 amide bonds. The van der Waals surface area contributed by atoms with E-state index in [0.717, 1.165) is 30.0 Å². The molecule has 2 heterocycles. The van der Waals surface area contributed by atoms with Crippen molar-refractivity contribution in [3.05, 3.63) is 65.7 Å². The highest BCUT2D eigenvalue weighted by molar-refractivity contribution is 5.97. The average Bonchev–Trinajstić information content (AvgIpc) is 3.35. The Balaban J connectivity index is 1.48. The highest BCUT2D eigenvalue weighted by atomic mass is 16.3. The molecule has 7 heteroatoms. The maximum atomic E-state index is 12.5. The van der Waals surface area contributed by atoms with Crippen molar-refractivity contribution < 1.29 is 14.0 Å². The summed E-state index contributed by atoms with van der Waals surface area (Å²) in [6, 6.07) is 14.8. The fourth-order valence-electron chi connectivity index (χ4n) is 2.93. The molecule has 0 radical (unpaired) electrons. The lowest BCUT2D eigenvalue weighted by atomic mass is 10.3. The minimum atomic E-state index is -0.292. The lowest BCUT2D eigenvalue weighted by molar-refractivity contribution is -0.117. The molecule has 0 saturated heterocycles. The van der Waals surface area contributed by atoms with Gasteiger partial charge in [-0.3, -0.25) is 9.59 Å². The Labute approximate surface area is 162 Å². The fraction of sp³-hybridized carbons (Fsp3) is 0.286. The summed E-state index contributed by atoms with van der Waals surface area (Å²) in [6.07, 6.45) is 2.42. The van der Waals surface area contributed by atoms with Gasteiger partial charge in [0.15, 0.2) is 5.69 Å². The molecule has 0 aliphatic heterocycles. The Bertz CT molecular complexity index is 986. The summed E-state index contributed by atoms with van der Waals surface area (Å²) in [5, 5.41) is 10.2. The number of anilines is 1. The largest absolute Gasteiger partial charge is 0.466 e. The predicted molar refractivity (Wildman–Crippen MR) is 104 cm³/mol. The smallest absolute Gasteiger partial charge is 0.271 e. The highest BCUT2D eigenvalue weighted by Crippen LogP contribution is 2.30. The highest BCUT2D eigenvalue weighted by Gasteiger charge is 2.30. The molecule has 2 N–H and O–H groups in total. The number of hydrogen-bond acceptors (Lipinski definition) is 4. The van der Waals surface area contributed by atoms with Crippen molar-refractivity contribution in [3.8, 4) is 5.69 Å². The number of aromatic nitrogens is 2. The number of carbonyl (C=O) groups is 2. The van der Waals surface area contributed by atoms with Crippen molar-refractivity contribution in [2.45, 2.75) is 26.2 Å². The van der Waals surface area contributed by atoms with Crippen molar-refractivity contribution in [2.24, 2.45) is 5.92 Å². The van der Waals surface area contributed by atoms with Crippen LogP contribution in [0.3, 0.4) is 0 Å². The van der Waals surface area contributed by atoms with E-state index in [-0.39, 0.29) is 23.4 Å². The van der Waals surface area contributed by atoms with Gasteiger partial charge in [0.05, 0.1) is 5.69 Å². The predicted octanol–water partition coefficient (Wildman–Crippen LogP) is 3.09. The van der Waals surface area contributed by atoms with Crippen LogP contribution in [0.4, 0.5) is 5.82 Å². The SMILES string of the molecule is Cc1ccc(CCNC(=O)c2cc(NC(=O)C3CC3)n(-c3ccccc3)n2)o1. The number of benzene rings is 1. The number of aryl methyl sites for hydroxylation is 1. The number of nitrogens with one attached hydrogen (secondary N) is 2. The van der Waals surface area contributed by atoms with Crippen LogP contribution in [0.15, 0.2) is 52.9 Å². The van der Waals surface area contributed by atoms with E-state index in [2.05, 4.69) is 15.7 Å². The number of nitrogens with zero attached hydrogens (tertiary/aromatic N) is 2. The van der Waals surface area contributed by atoms with Crippen LogP contribution in [0.1, 0.15) is 34.9 Å². The Morgan fingerprint density at radius 3 is 2.64 bits per heavy atom. The molecule has 3 aromatic rings. The maximum absolute atomic E-state index is 12.5. The van der Waals surface area contributed by atoms with E-state index < -0.39 is 0 Å². The van der Waals surface area contributed by atoms with Gasteiger partial charge >= 0.3 is 0 Å². The van der Waals surface area contributed by atoms with E-state index in [0.29, 0.717) is 18.8 Å². The van der Waals surface area contributed by atoms with Crippen molar-refractivity contribution in [1.82, 2.24) is 15.1 Å². The van der Waals surface area contributed by atoms with Crippen molar-refractivity contribution in [2.75, 3.05) is 11.9 Å². The Morgan fingerprint density at radius 2 is 1.96 bits per heavy atom. The van der Waals surface area contributed by atoms with Gasteiger partial charge in [0.2, 0.25) is 5.91 Å². The van der Waals surface area contributed by atoms with Crippen LogP contribution in [-0.2, 0) is 11.2 Å². The van der Waals surface area contributed by atoms with Crippen molar-refractivity contribution >= 4 is 17.6 Å². The van der Waals surface area contributed by atoms with E-state index >= 15 is 0 Å². The Kier molecular flexibility index (Phi) is 4.97. The standard InChI is InChI=1S/C21H22N4O3/c1-14-7-10-17(28-14)11-12-22-21(27)18-13-19(23-20(26)15-8-9-15)25(24-18)16-5-3-2-4-6-16/h2-7,10,13,15H,8-9,11-12H2,1H3,(H,22,27)(H,23,26). The first-order valence-electron chi connectivity index (χ1n) is 9.40. The molecule has 4 rings (SSSR count). The first-order valence-corrected chi connectivity index (χ1v) is 9.40. The average molecular weight is 378 g/mol. The summed E-state index contributed by atoms with van der Waals surface area (Å²) in [7, 11) is 0. The molecular formula is C21H22N4O3. The van der Waals surface area contributed by atoms with Gasteiger partial charge in [0.25, 0.3) is 5.91 Å². The molecule has 2 aromatic heterocycles. The molecular weight excluding hydrogens is 356 g/mol. The lowest BCUT2D eigenvalue weighted by Crippen LogP contribution is -2.26. The third-order valence-electron chi connectivity index (χ3n) is 4.60. The van der Waals surface area contributed by atoms with Crippen LogP contribution in [0.2, 0.25) is 0 Å². The van der Waals surface area contributed by atoms with Crippen LogP contribution in [-0.4, -0.2) is 28.1 Å². The first kappa shape index (κ1) is 18.0. The molecule has 144 valence electrons. The van der Waals surface area contributed by atoms with Gasteiger partial charge in [-0.05, 0) is 44.0 Å². The minimum Gasteiger partial charge on any atom is -0.466 e. The molecule has 1 aromatic carbocycles. The van der Waals surface area contributed by atoms with E-state index in [1.54, 1.807) is 10.7 Å². The second-order valence-electron chi connectivity index (χ2n) is 6.94. The minimum absolute atomic E-state index is 0.0303. The molecule has 0 bridgehead atoms. The second-order valence-corrected chi connectivity index (χ2v) is 6.94. The zero-order chi connectivity index (χ0) is 19.5. The van der Waals surface area contributed by atoms with Gasteiger partial charge in [-0.2, -0.15) is 5.10 Å². The zero-order valence-electron chi connectivity index (χ0n) is 15.6. The topological polar surface area (TPSA) is 89.2 Å². The van der Waals surface area contributed by atoms with Crippen LogP contribution in [0.25, 0.3) is 5.69 Å². The van der Waals surface area contributed by atoms with Crippen molar-refractivity contribution in [3.63, 3.8) is 0 Å². The second kappa shape index (κ2) is 7.72. The van der Waals surface area contributed by atoms with Crippen LogP contribution in [0, 0.1) is 12.8 Å². The van der Waals surface area contributed by atoms with Crippen LogP contribution >= 0.6 is 0 Å². The number of rotatable bonds is 7. The third-order valence-corrected chi connectivity index (χ3v) is 4.60. The quantitative estimate of drug-likeness (QED) is 0.661. The molecule has 1 aliphatic rings. The molecule has 28 heavy (non-hydrogen) atoms. The molecule has 0 spiro atoms. The van der Waals surface area contributed by atoms with Crippen molar-refractivity contribution in [1.29, 1.82) is 0 Å². The summed E-state index contributed by atoms with van der Waals surface area (Å²) in [4.78, 5) is 24.7. The number of para-hydroxylation sites is 1. The molecule has 7 nitrogen and oxygen atoms in total. The Hall–Kier alpha value is -3.35. The summed E-state index contributed by atoms with van der Waals surface area (Å²) >= 11 is 0. The van der Waals surface area contributed by atoms with Gasteiger partial charge in [-0.15, -0.1) is 0 Å². The van der Waals surface area contributed by atoms with E-state index in [9.17, 15) is 9.59 Å². The number of amides is 2.